The zero-order chi connectivity index (χ0) is 12.7. The second kappa shape index (κ2) is 6.12. The number of nitro groups is 1. The second-order valence-electron chi connectivity index (χ2n) is 3.06. The van der Waals surface area contributed by atoms with E-state index < -0.39 is 11.0 Å². The van der Waals surface area contributed by atoms with Crippen molar-refractivity contribution < 1.29 is 14.5 Å². The Morgan fingerprint density at radius 1 is 1.47 bits per heavy atom. The average molecular weight is 234 g/mol. The van der Waals surface area contributed by atoms with Crippen LogP contribution in [-0.4, -0.2) is 17.6 Å². The fourth-order valence-electron chi connectivity index (χ4n) is 1.07. The minimum absolute atomic E-state index is 0.00339. The standard InChI is InChI=1S/C11H10N2O4/c1-2-7-17-11(14)12-8-9-3-5-10(6-4-9)13(15)16/h1,3-6H,7-8H2,(H,12,14). The molecule has 0 unspecified atom stereocenters. The molecule has 0 spiro atoms. The van der Waals surface area contributed by atoms with Crippen LogP contribution in [0.25, 0.3) is 0 Å². The van der Waals surface area contributed by atoms with E-state index in [4.69, 9.17) is 6.42 Å². The Balaban J connectivity index is 2.45. The van der Waals surface area contributed by atoms with Gasteiger partial charge in [0.05, 0.1) is 4.92 Å². The van der Waals surface area contributed by atoms with Gasteiger partial charge in [-0.1, -0.05) is 18.1 Å². The van der Waals surface area contributed by atoms with Crippen LogP contribution < -0.4 is 5.32 Å². The van der Waals surface area contributed by atoms with Crippen LogP contribution >= 0.6 is 0 Å². The van der Waals surface area contributed by atoms with Crippen molar-refractivity contribution in [3.05, 3.63) is 39.9 Å². The molecule has 0 aliphatic rings. The van der Waals surface area contributed by atoms with Crippen LogP contribution in [0.2, 0.25) is 0 Å². The summed E-state index contributed by atoms with van der Waals surface area (Å²) in [5.74, 6) is 2.16. The van der Waals surface area contributed by atoms with Crippen molar-refractivity contribution in [2.24, 2.45) is 0 Å². The van der Waals surface area contributed by atoms with E-state index in [0.717, 1.165) is 5.56 Å². The molecule has 1 rings (SSSR count). The molecule has 1 aromatic rings. The zero-order valence-corrected chi connectivity index (χ0v) is 8.88. The van der Waals surface area contributed by atoms with E-state index in [-0.39, 0.29) is 18.8 Å². The highest BCUT2D eigenvalue weighted by atomic mass is 16.6. The van der Waals surface area contributed by atoms with Crippen LogP contribution in [0.1, 0.15) is 5.56 Å². The first-order valence-corrected chi connectivity index (χ1v) is 4.71. The molecule has 1 N–H and O–H groups in total. The summed E-state index contributed by atoms with van der Waals surface area (Å²) in [6, 6.07) is 5.84. The number of alkyl carbamates (subject to hydrolysis) is 1. The third-order valence-corrected chi connectivity index (χ3v) is 1.87. The molecule has 0 atom stereocenters. The molecular weight excluding hydrogens is 224 g/mol. The lowest BCUT2D eigenvalue weighted by Gasteiger charge is -2.04. The third kappa shape index (κ3) is 4.22. The molecule has 0 aliphatic heterocycles. The highest BCUT2D eigenvalue weighted by Gasteiger charge is 2.05. The van der Waals surface area contributed by atoms with Crippen molar-refractivity contribution in [2.75, 3.05) is 6.61 Å². The maximum absolute atomic E-state index is 11.0. The molecule has 0 fully saturated rings. The summed E-state index contributed by atoms with van der Waals surface area (Å²) < 4.78 is 4.58. The van der Waals surface area contributed by atoms with Crippen molar-refractivity contribution in [1.82, 2.24) is 5.32 Å². The van der Waals surface area contributed by atoms with Gasteiger partial charge in [0, 0.05) is 18.7 Å². The first-order chi connectivity index (χ1) is 8.13. The van der Waals surface area contributed by atoms with Crippen molar-refractivity contribution in [1.29, 1.82) is 0 Å². The molecule has 0 aliphatic carbocycles. The van der Waals surface area contributed by atoms with E-state index in [9.17, 15) is 14.9 Å². The molecule has 1 aromatic carbocycles. The molecule has 6 heteroatoms. The number of carbonyl (C=O) groups excluding carboxylic acids is 1. The van der Waals surface area contributed by atoms with E-state index >= 15 is 0 Å². The number of carbonyl (C=O) groups is 1. The monoisotopic (exact) mass is 234 g/mol. The van der Waals surface area contributed by atoms with Gasteiger partial charge in [-0.05, 0) is 5.56 Å². The highest BCUT2D eigenvalue weighted by molar-refractivity contribution is 5.67. The lowest BCUT2D eigenvalue weighted by Crippen LogP contribution is -2.23. The van der Waals surface area contributed by atoms with E-state index in [0.29, 0.717) is 0 Å². The van der Waals surface area contributed by atoms with E-state index in [1.165, 1.54) is 12.1 Å². The number of terminal acetylenes is 1. The predicted octanol–water partition coefficient (Wildman–Crippen LogP) is 1.45. The summed E-state index contributed by atoms with van der Waals surface area (Å²) in [5, 5.41) is 12.8. The van der Waals surface area contributed by atoms with Crippen molar-refractivity contribution in [2.45, 2.75) is 6.54 Å². The third-order valence-electron chi connectivity index (χ3n) is 1.87. The second-order valence-corrected chi connectivity index (χ2v) is 3.06. The van der Waals surface area contributed by atoms with Gasteiger partial charge in [-0.15, -0.1) is 6.42 Å². The van der Waals surface area contributed by atoms with Gasteiger partial charge in [-0.25, -0.2) is 4.79 Å². The van der Waals surface area contributed by atoms with Gasteiger partial charge in [0.25, 0.3) is 5.69 Å². The summed E-state index contributed by atoms with van der Waals surface area (Å²) in [4.78, 5) is 20.9. The Morgan fingerprint density at radius 2 is 2.12 bits per heavy atom. The molecule has 1 amide bonds. The van der Waals surface area contributed by atoms with Gasteiger partial charge in [-0.3, -0.25) is 10.1 Å². The Kier molecular flexibility index (Phi) is 4.51. The molecule has 0 saturated heterocycles. The summed E-state index contributed by atoms with van der Waals surface area (Å²) in [5.41, 5.74) is 0.733. The number of benzene rings is 1. The number of amides is 1. The van der Waals surface area contributed by atoms with Gasteiger partial charge >= 0.3 is 6.09 Å². The predicted molar refractivity (Wildman–Crippen MR) is 60.1 cm³/mol. The number of hydrogen-bond donors (Lipinski definition) is 1. The molecule has 0 heterocycles. The number of nitrogens with zero attached hydrogens (tertiary/aromatic N) is 1. The molecule has 88 valence electrons. The molecule has 17 heavy (non-hydrogen) atoms. The molecule has 0 saturated carbocycles. The van der Waals surface area contributed by atoms with Gasteiger partial charge in [0.15, 0.2) is 6.61 Å². The first kappa shape index (κ1) is 12.5. The van der Waals surface area contributed by atoms with Crippen LogP contribution in [0, 0.1) is 22.5 Å². The summed E-state index contributed by atoms with van der Waals surface area (Å²) in [7, 11) is 0. The topological polar surface area (TPSA) is 81.5 Å². The normalized spacial score (nSPS) is 9.12. The van der Waals surface area contributed by atoms with E-state index in [1.54, 1.807) is 12.1 Å². The van der Waals surface area contributed by atoms with Crippen LogP contribution in [0.4, 0.5) is 10.5 Å². The smallest absolute Gasteiger partial charge is 0.408 e. The van der Waals surface area contributed by atoms with Crippen LogP contribution in [0.15, 0.2) is 24.3 Å². The maximum atomic E-state index is 11.0. The highest BCUT2D eigenvalue weighted by Crippen LogP contribution is 2.11. The molecule has 0 radical (unpaired) electrons. The Labute approximate surface area is 97.7 Å². The lowest BCUT2D eigenvalue weighted by atomic mass is 10.2. The number of hydrogen-bond acceptors (Lipinski definition) is 4. The fraction of sp³-hybridized carbons (Fsp3) is 0.182. The largest absolute Gasteiger partial charge is 0.436 e. The van der Waals surface area contributed by atoms with Gasteiger partial charge in [-0.2, -0.15) is 0 Å². The maximum Gasteiger partial charge on any atom is 0.408 e. The average Bonchev–Trinajstić information content (AvgIpc) is 2.34. The summed E-state index contributed by atoms with van der Waals surface area (Å²) >= 11 is 0. The minimum Gasteiger partial charge on any atom is -0.436 e. The van der Waals surface area contributed by atoms with Gasteiger partial charge in [0.2, 0.25) is 0 Å². The SMILES string of the molecule is C#CCOC(=O)NCc1ccc([N+](=O)[O-])cc1. The van der Waals surface area contributed by atoms with Gasteiger partial charge < -0.3 is 10.1 Å². The summed E-state index contributed by atoms with van der Waals surface area (Å²) in [6.07, 6.45) is 4.29. The summed E-state index contributed by atoms with van der Waals surface area (Å²) in [6.45, 7) is 0.132. The van der Waals surface area contributed by atoms with E-state index in [2.05, 4.69) is 16.0 Å². The fourth-order valence-corrected chi connectivity index (χ4v) is 1.07. The van der Waals surface area contributed by atoms with Crippen molar-refractivity contribution in [3.63, 3.8) is 0 Å². The van der Waals surface area contributed by atoms with Crippen molar-refractivity contribution >= 4 is 11.8 Å². The number of rotatable bonds is 4. The van der Waals surface area contributed by atoms with Crippen LogP contribution in [0.5, 0.6) is 0 Å². The van der Waals surface area contributed by atoms with Crippen LogP contribution in [-0.2, 0) is 11.3 Å². The molecule has 6 nitrogen and oxygen atoms in total. The number of ether oxygens (including phenoxy) is 1. The lowest BCUT2D eigenvalue weighted by molar-refractivity contribution is -0.384. The number of nitrogens with one attached hydrogen (secondary N) is 1. The zero-order valence-electron chi connectivity index (χ0n) is 8.88. The Hall–Kier alpha value is -2.55. The molecule has 0 aromatic heterocycles. The molecule has 0 bridgehead atoms. The van der Waals surface area contributed by atoms with Crippen molar-refractivity contribution in [3.8, 4) is 12.3 Å². The number of non-ortho nitro benzene ring substituents is 1. The Bertz CT molecular complexity index is 448. The minimum atomic E-state index is -0.624. The van der Waals surface area contributed by atoms with Gasteiger partial charge in [0.1, 0.15) is 0 Å². The van der Waals surface area contributed by atoms with Crippen LogP contribution in [0.3, 0.4) is 0 Å². The first-order valence-electron chi connectivity index (χ1n) is 4.71. The molecular formula is C11H10N2O4. The Morgan fingerprint density at radius 3 is 2.65 bits per heavy atom. The van der Waals surface area contributed by atoms with E-state index in [1.807, 2.05) is 0 Å². The number of nitro benzene ring substituents is 1. The quantitative estimate of drug-likeness (QED) is 0.485.